The second-order valence-corrected chi connectivity index (χ2v) is 5.62. The van der Waals surface area contributed by atoms with Crippen LogP contribution in [-0.2, 0) is 6.42 Å². The highest BCUT2D eigenvalue weighted by Crippen LogP contribution is 2.22. The molecule has 3 rings (SSSR count). The van der Waals surface area contributed by atoms with Crippen LogP contribution in [0.15, 0.2) is 42.5 Å². The zero-order valence-electron chi connectivity index (χ0n) is 12.9. The fourth-order valence-corrected chi connectivity index (χ4v) is 2.80. The third-order valence-electron chi connectivity index (χ3n) is 4.01. The number of H-pyrrole nitrogens is 1. The van der Waals surface area contributed by atoms with E-state index in [0.717, 1.165) is 31.5 Å². The molecule has 1 aromatic carbocycles. The predicted molar refractivity (Wildman–Crippen MR) is 87.5 cm³/mol. The van der Waals surface area contributed by atoms with E-state index in [2.05, 4.69) is 35.3 Å². The van der Waals surface area contributed by atoms with Gasteiger partial charge in [-0.1, -0.05) is 49.8 Å². The molecule has 1 N–H and O–H groups in total. The number of aryl methyl sites for hydroxylation is 1. The van der Waals surface area contributed by atoms with E-state index in [1.165, 1.54) is 11.1 Å². The number of benzene rings is 1. The summed E-state index contributed by atoms with van der Waals surface area (Å²) in [6, 6.07) is 12.2. The molecule has 0 saturated carbocycles. The Morgan fingerprint density at radius 1 is 1.32 bits per heavy atom. The van der Waals surface area contributed by atoms with Gasteiger partial charge in [0, 0.05) is 18.8 Å². The molecule has 2 aromatic rings. The highest BCUT2D eigenvalue weighted by Gasteiger charge is 2.21. The van der Waals surface area contributed by atoms with Crippen LogP contribution in [0.2, 0.25) is 0 Å². The van der Waals surface area contributed by atoms with E-state index in [0.29, 0.717) is 12.2 Å². The van der Waals surface area contributed by atoms with Gasteiger partial charge in [0.15, 0.2) is 0 Å². The van der Waals surface area contributed by atoms with Gasteiger partial charge >= 0.3 is 0 Å². The van der Waals surface area contributed by atoms with E-state index >= 15 is 0 Å². The van der Waals surface area contributed by atoms with Gasteiger partial charge in [-0.3, -0.25) is 9.89 Å². The molecule has 114 valence electrons. The molecular weight excluding hydrogens is 274 g/mol. The van der Waals surface area contributed by atoms with Gasteiger partial charge < -0.3 is 4.90 Å². The summed E-state index contributed by atoms with van der Waals surface area (Å²) in [6.45, 7) is 3.51. The monoisotopic (exact) mass is 295 g/mol. The van der Waals surface area contributed by atoms with Crippen molar-refractivity contribution in [3.05, 3.63) is 59.4 Å². The molecule has 1 aliphatic rings. The maximum absolute atomic E-state index is 12.5. The van der Waals surface area contributed by atoms with E-state index < -0.39 is 0 Å². The van der Waals surface area contributed by atoms with Crippen molar-refractivity contribution in [1.82, 2.24) is 15.1 Å². The molecule has 0 spiro atoms. The number of hydrogen-bond donors (Lipinski definition) is 1. The lowest BCUT2D eigenvalue weighted by Gasteiger charge is -2.26. The van der Waals surface area contributed by atoms with Gasteiger partial charge in [0.1, 0.15) is 5.69 Å². The minimum absolute atomic E-state index is 0.0157. The summed E-state index contributed by atoms with van der Waals surface area (Å²) in [5.74, 6) is 0.0157. The molecule has 2 heterocycles. The predicted octanol–water partition coefficient (Wildman–Crippen LogP) is 3.29. The Hall–Kier alpha value is -2.36. The number of nitrogens with zero attached hydrogens (tertiary/aromatic N) is 2. The maximum Gasteiger partial charge on any atom is 0.274 e. The van der Waals surface area contributed by atoms with Crippen LogP contribution in [-0.4, -0.2) is 34.1 Å². The van der Waals surface area contributed by atoms with E-state index in [1.807, 2.05) is 29.2 Å². The number of nitrogens with one attached hydrogen (secondary N) is 1. The van der Waals surface area contributed by atoms with Crippen molar-refractivity contribution in [2.45, 2.75) is 26.2 Å². The molecular formula is C18H21N3O. The van der Waals surface area contributed by atoms with Gasteiger partial charge in [0.25, 0.3) is 5.91 Å². The molecule has 22 heavy (non-hydrogen) atoms. The summed E-state index contributed by atoms with van der Waals surface area (Å²) < 4.78 is 0. The van der Waals surface area contributed by atoms with Gasteiger partial charge in [0.2, 0.25) is 0 Å². The average Bonchev–Trinajstić information content (AvgIpc) is 3.04. The largest absolute Gasteiger partial charge is 0.333 e. The Labute approximate surface area is 130 Å². The topological polar surface area (TPSA) is 49.0 Å². The average molecular weight is 295 g/mol. The first kappa shape index (κ1) is 14.6. The molecule has 1 aromatic heterocycles. The number of amides is 1. The number of rotatable bonds is 4. The summed E-state index contributed by atoms with van der Waals surface area (Å²) in [6.07, 6.45) is 5.01. The first-order chi connectivity index (χ1) is 10.8. The third-order valence-corrected chi connectivity index (χ3v) is 4.01. The van der Waals surface area contributed by atoms with Gasteiger partial charge in [-0.2, -0.15) is 5.10 Å². The third kappa shape index (κ3) is 3.11. The van der Waals surface area contributed by atoms with Crippen molar-refractivity contribution >= 4 is 11.5 Å². The quantitative estimate of drug-likeness (QED) is 0.941. The van der Waals surface area contributed by atoms with Crippen LogP contribution in [0.25, 0.3) is 5.57 Å². The second-order valence-electron chi connectivity index (χ2n) is 5.62. The molecule has 4 nitrogen and oxygen atoms in total. The van der Waals surface area contributed by atoms with Crippen LogP contribution in [0.5, 0.6) is 0 Å². The van der Waals surface area contributed by atoms with E-state index in [9.17, 15) is 4.79 Å². The Kier molecular flexibility index (Phi) is 4.37. The normalized spacial score (nSPS) is 14.8. The van der Waals surface area contributed by atoms with Crippen molar-refractivity contribution in [3.8, 4) is 0 Å². The van der Waals surface area contributed by atoms with Crippen molar-refractivity contribution < 1.29 is 4.79 Å². The molecule has 0 radical (unpaired) electrons. The number of aromatic amines is 1. The van der Waals surface area contributed by atoms with Crippen LogP contribution >= 0.6 is 0 Å². The van der Waals surface area contributed by atoms with Crippen LogP contribution in [0.3, 0.4) is 0 Å². The molecule has 0 bridgehead atoms. The lowest BCUT2D eigenvalue weighted by Crippen LogP contribution is -2.34. The van der Waals surface area contributed by atoms with Crippen molar-refractivity contribution in [3.63, 3.8) is 0 Å². The van der Waals surface area contributed by atoms with Crippen LogP contribution in [0.4, 0.5) is 0 Å². The minimum atomic E-state index is 0.0157. The van der Waals surface area contributed by atoms with E-state index in [-0.39, 0.29) is 5.91 Å². The summed E-state index contributed by atoms with van der Waals surface area (Å²) in [5, 5.41) is 7.10. The highest BCUT2D eigenvalue weighted by atomic mass is 16.2. The molecule has 0 saturated heterocycles. The standard InChI is InChI=1S/C18H21N3O/c1-2-6-16-13-17(20-19-16)18(22)21-11-9-15(10-12-21)14-7-4-3-5-8-14/h3-5,7-9,13H,2,6,10-12H2,1H3,(H,19,20). The highest BCUT2D eigenvalue weighted by molar-refractivity contribution is 5.93. The molecule has 0 atom stereocenters. The van der Waals surface area contributed by atoms with Crippen LogP contribution in [0.1, 0.15) is 41.5 Å². The number of aromatic nitrogens is 2. The smallest absolute Gasteiger partial charge is 0.274 e. The number of carbonyl (C=O) groups is 1. The first-order valence-corrected chi connectivity index (χ1v) is 7.86. The Balaban J connectivity index is 1.67. The molecule has 4 heteroatoms. The van der Waals surface area contributed by atoms with Gasteiger partial charge in [-0.05, 0) is 30.0 Å². The van der Waals surface area contributed by atoms with Crippen LogP contribution in [0, 0.1) is 0 Å². The Morgan fingerprint density at radius 3 is 2.82 bits per heavy atom. The van der Waals surface area contributed by atoms with Crippen molar-refractivity contribution in [1.29, 1.82) is 0 Å². The van der Waals surface area contributed by atoms with Gasteiger partial charge in [-0.15, -0.1) is 0 Å². The number of hydrogen-bond acceptors (Lipinski definition) is 2. The summed E-state index contributed by atoms with van der Waals surface area (Å²) >= 11 is 0. The SMILES string of the molecule is CCCc1cc(C(=O)N2CC=C(c3ccccc3)CC2)n[nH]1. The summed E-state index contributed by atoms with van der Waals surface area (Å²) in [7, 11) is 0. The summed E-state index contributed by atoms with van der Waals surface area (Å²) in [4.78, 5) is 14.3. The zero-order valence-corrected chi connectivity index (χ0v) is 12.9. The Morgan fingerprint density at radius 2 is 2.14 bits per heavy atom. The van der Waals surface area contributed by atoms with Gasteiger partial charge in [0.05, 0.1) is 0 Å². The minimum Gasteiger partial charge on any atom is -0.333 e. The van der Waals surface area contributed by atoms with E-state index in [1.54, 1.807) is 0 Å². The van der Waals surface area contributed by atoms with Gasteiger partial charge in [-0.25, -0.2) is 0 Å². The number of carbonyl (C=O) groups excluding carboxylic acids is 1. The Bertz CT molecular complexity index is 673. The van der Waals surface area contributed by atoms with Crippen molar-refractivity contribution in [2.24, 2.45) is 0 Å². The maximum atomic E-state index is 12.5. The fourth-order valence-electron chi connectivity index (χ4n) is 2.80. The molecule has 0 fully saturated rings. The van der Waals surface area contributed by atoms with E-state index in [4.69, 9.17) is 0 Å². The fraction of sp³-hybridized carbons (Fsp3) is 0.333. The molecule has 1 amide bonds. The van der Waals surface area contributed by atoms with Crippen LogP contribution < -0.4 is 0 Å². The first-order valence-electron chi connectivity index (χ1n) is 7.86. The second kappa shape index (κ2) is 6.60. The molecule has 0 unspecified atom stereocenters. The molecule has 1 aliphatic heterocycles. The lowest BCUT2D eigenvalue weighted by molar-refractivity contribution is 0.0767. The zero-order chi connectivity index (χ0) is 15.4. The summed E-state index contributed by atoms with van der Waals surface area (Å²) in [5.41, 5.74) is 4.13. The lowest BCUT2D eigenvalue weighted by atomic mass is 9.99. The molecule has 0 aliphatic carbocycles. The van der Waals surface area contributed by atoms with Crippen molar-refractivity contribution in [2.75, 3.05) is 13.1 Å².